The molecular weight excluding hydrogens is 328 g/mol. The first-order valence-electron chi connectivity index (χ1n) is 9.18. The summed E-state index contributed by atoms with van der Waals surface area (Å²) >= 11 is 0. The molecule has 5 nitrogen and oxygen atoms in total. The van der Waals surface area contributed by atoms with Gasteiger partial charge < -0.3 is 15.0 Å². The number of fused-ring (bicyclic) bond motifs is 1. The predicted octanol–water partition coefficient (Wildman–Crippen LogP) is 3.60. The first-order valence-corrected chi connectivity index (χ1v) is 9.18. The van der Waals surface area contributed by atoms with Crippen LogP contribution in [0.2, 0.25) is 0 Å². The molecule has 1 aliphatic carbocycles. The summed E-state index contributed by atoms with van der Waals surface area (Å²) in [5.74, 6) is 0.856. The predicted molar refractivity (Wildman–Crippen MR) is 101 cm³/mol. The van der Waals surface area contributed by atoms with Crippen LogP contribution in [-0.2, 0) is 12.8 Å². The number of amides is 1. The molecule has 1 heterocycles. The number of Topliss-reactive ketones (excluding diaryl/α,β-unsaturated/α-hetero) is 1. The van der Waals surface area contributed by atoms with Crippen LogP contribution < -0.4 is 10.1 Å². The zero-order valence-electron chi connectivity index (χ0n) is 15.6. The van der Waals surface area contributed by atoms with Gasteiger partial charge in [0.25, 0.3) is 5.91 Å². The lowest BCUT2D eigenvalue weighted by Crippen LogP contribution is -2.33. The van der Waals surface area contributed by atoms with Crippen molar-refractivity contribution in [1.29, 1.82) is 0 Å². The number of aromatic nitrogens is 1. The van der Waals surface area contributed by atoms with E-state index in [0.29, 0.717) is 12.1 Å². The fourth-order valence-corrected chi connectivity index (χ4v) is 3.54. The maximum atomic E-state index is 12.6. The van der Waals surface area contributed by atoms with Crippen LogP contribution in [0.4, 0.5) is 0 Å². The number of hydrogen-bond acceptors (Lipinski definition) is 3. The van der Waals surface area contributed by atoms with Gasteiger partial charge >= 0.3 is 0 Å². The second-order valence-electron chi connectivity index (χ2n) is 7.02. The summed E-state index contributed by atoms with van der Waals surface area (Å²) in [7, 11) is 1.65. The molecule has 3 rings (SSSR count). The molecule has 1 aromatic heterocycles. The van der Waals surface area contributed by atoms with E-state index in [1.165, 1.54) is 5.56 Å². The molecule has 5 heteroatoms. The molecule has 1 unspecified atom stereocenters. The van der Waals surface area contributed by atoms with Crippen molar-refractivity contribution in [2.24, 2.45) is 0 Å². The minimum atomic E-state index is -0.132. The summed E-state index contributed by atoms with van der Waals surface area (Å²) in [5, 5.41) is 3.05. The van der Waals surface area contributed by atoms with Crippen molar-refractivity contribution in [3.8, 4) is 5.75 Å². The number of rotatable bonds is 6. The van der Waals surface area contributed by atoms with Gasteiger partial charge in [-0.2, -0.15) is 0 Å². The van der Waals surface area contributed by atoms with Crippen LogP contribution in [0.5, 0.6) is 5.75 Å². The first-order chi connectivity index (χ1) is 12.5. The Labute approximate surface area is 154 Å². The second-order valence-corrected chi connectivity index (χ2v) is 7.02. The Morgan fingerprint density at radius 3 is 2.65 bits per heavy atom. The lowest BCUT2D eigenvalue weighted by molar-refractivity contribution is 0.0932. The number of hydrogen-bond donors (Lipinski definition) is 2. The van der Waals surface area contributed by atoms with Crippen LogP contribution in [0, 0.1) is 6.92 Å². The number of aryl methyl sites for hydroxylation is 2. The Kier molecular flexibility index (Phi) is 5.45. The van der Waals surface area contributed by atoms with Crippen LogP contribution in [0.15, 0.2) is 24.3 Å². The number of ketones is 1. The molecule has 0 bridgehead atoms. The zero-order valence-corrected chi connectivity index (χ0v) is 15.6. The van der Waals surface area contributed by atoms with E-state index in [1.54, 1.807) is 7.11 Å². The van der Waals surface area contributed by atoms with Crippen LogP contribution in [-0.4, -0.2) is 29.8 Å². The van der Waals surface area contributed by atoms with E-state index in [4.69, 9.17) is 4.74 Å². The molecule has 0 radical (unpaired) electrons. The standard InChI is InChI=1S/C21H26N2O3/c1-13(7-8-15-9-11-16(26-3)12-10-15)22-21(25)20-14(2)19-17(23-20)5-4-6-18(19)24/h9-13,23H,4-8H2,1-3H3,(H,22,25). The molecule has 138 valence electrons. The molecule has 0 saturated heterocycles. The van der Waals surface area contributed by atoms with Crippen molar-refractivity contribution >= 4 is 11.7 Å². The third-order valence-corrected chi connectivity index (χ3v) is 5.07. The van der Waals surface area contributed by atoms with Gasteiger partial charge in [0.05, 0.1) is 7.11 Å². The van der Waals surface area contributed by atoms with Crippen LogP contribution in [0.3, 0.4) is 0 Å². The minimum absolute atomic E-state index is 0.0417. The summed E-state index contributed by atoms with van der Waals surface area (Å²) in [6.07, 6.45) is 3.99. The van der Waals surface area contributed by atoms with Gasteiger partial charge in [0.1, 0.15) is 11.4 Å². The van der Waals surface area contributed by atoms with Gasteiger partial charge in [-0.25, -0.2) is 0 Å². The highest BCUT2D eigenvalue weighted by Gasteiger charge is 2.26. The molecule has 1 aromatic carbocycles. The Morgan fingerprint density at radius 2 is 2.00 bits per heavy atom. The summed E-state index contributed by atoms with van der Waals surface area (Å²) < 4.78 is 5.17. The zero-order chi connectivity index (χ0) is 18.7. The summed E-state index contributed by atoms with van der Waals surface area (Å²) in [6.45, 7) is 3.86. The van der Waals surface area contributed by atoms with E-state index in [1.807, 2.05) is 38.1 Å². The van der Waals surface area contributed by atoms with Crippen molar-refractivity contribution in [2.75, 3.05) is 7.11 Å². The maximum Gasteiger partial charge on any atom is 0.268 e. The second kappa shape index (κ2) is 7.77. The Balaban J connectivity index is 1.60. The molecule has 0 saturated carbocycles. The molecule has 2 N–H and O–H groups in total. The van der Waals surface area contributed by atoms with Crippen molar-refractivity contribution in [2.45, 2.75) is 52.0 Å². The van der Waals surface area contributed by atoms with Crippen LogP contribution >= 0.6 is 0 Å². The summed E-state index contributed by atoms with van der Waals surface area (Å²) in [4.78, 5) is 27.9. The minimum Gasteiger partial charge on any atom is -0.497 e. The van der Waals surface area contributed by atoms with E-state index in [0.717, 1.165) is 48.3 Å². The molecule has 2 aromatic rings. The van der Waals surface area contributed by atoms with Gasteiger partial charge in [0, 0.05) is 23.7 Å². The topological polar surface area (TPSA) is 71.2 Å². The molecule has 26 heavy (non-hydrogen) atoms. The molecule has 0 spiro atoms. The lowest BCUT2D eigenvalue weighted by atomic mass is 9.94. The Hall–Kier alpha value is -2.56. The largest absolute Gasteiger partial charge is 0.497 e. The summed E-state index contributed by atoms with van der Waals surface area (Å²) in [5.41, 5.74) is 4.16. The van der Waals surface area contributed by atoms with Gasteiger partial charge in [-0.1, -0.05) is 12.1 Å². The number of carbonyl (C=O) groups excluding carboxylic acids is 2. The highest BCUT2D eigenvalue weighted by Crippen LogP contribution is 2.26. The SMILES string of the molecule is COc1ccc(CCC(C)NC(=O)c2[nH]c3c(c2C)C(=O)CCC3)cc1. The monoisotopic (exact) mass is 354 g/mol. The Bertz CT molecular complexity index is 805. The molecule has 0 fully saturated rings. The number of nitrogens with one attached hydrogen (secondary N) is 2. The number of carbonyl (C=O) groups is 2. The summed E-state index contributed by atoms with van der Waals surface area (Å²) in [6, 6.07) is 8.02. The lowest BCUT2D eigenvalue weighted by Gasteiger charge is -2.14. The van der Waals surface area contributed by atoms with E-state index < -0.39 is 0 Å². The molecule has 1 aliphatic rings. The number of ether oxygens (including phenoxy) is 1. The van der Waals surface area contributed by atoms with Crippen molar-refractivity contribution in [1.82, 2.24) is 10.3 Å². The number of benzene rings is 1. The third-order valence-electron chi connectivity index (χ3n) is 5.07. The number of H-pyrrole nitrogens is 1. The first kappa shape index (κ1) is 18.2. The highest BCUT2D eigenvalue weighted by molar-refractivity contribution is 6.04. The number of methoxy groups -OCH3 is 1. The van der Waals surface area contributed by atoms with Crippen LogP contribution in [0.25, 0.3) is 0 Å². The van der Waals surface area contributed by atoms with Gasteiger partial charge in [-0.05, 0) is 62.8 Å². The average Bonchev–Trinajstić information content (AvgIpc) is 2.98. The molecular formula is C21H26N2O3. The van der Waals surface area contributed by atoms with Gasteiger partial charge in [-0.3, -0.25) is 9.59 Å². The number of aromatic amines is 1. The Morgan fingerprint density at radius 1 is 1.27 bits per heavy atom. The van der Waals surface area contributed by atoms with E-state index in [2.05, 4.69) is 10.3 Å². The van der Waals surface area contributed by atoms with E-state index in [9.17, 15) is 9.59 Å². The van der Waals surface area contributed by atoms with Crippen molar-refractivity contribution < 1.29 is 14.3 Å². The van der Waals surface area contributed by atoms with Gasteiger partial charge in [0.2, 0.25) is 0 Å². The molecule has 1 amide bonds. The fraction of sp³-hybridized carbons (Fsp3) is 0.429. The third kappa shape index (κ3) is 3.82. The molecule has 0 aliphatic heterocycles. The normalized spacial score (nSPS) is 14.7. The van der Waals surface area contributed by atoms with Crippen molar-refractivity contribution in [3.05, 3.63) is 52.3 Å². The average molecular weight is 354 g/mol. The smallest absolute Gasteiger partial charge is 0.268 e. The maximum absolute atomic E-state index is 12.6. The highest BCUT2D eigenvalue weighted by atomic mass is 16.5. The van der Waals surface area contributed by atoms with Gasteiger partial charge in [-0.15, -0.1) is 0 Å². The van der Waals surface area contributed by atoms with E-state index >= 15 is 0 Å². The fourth-order valence-electron chi connectivity index (χ4n) is 3.54. The quantitative estimate of drug-likeness (QED) is 0.832. The van der Waals surface area contributed by atoms with E-state index in [-0.39, 0.29) is 17.7 Å². The van der Waals surface area contributed by atoms with Crippen molar-refractivity contribution in [3.63, 3.8) is 0 Å². The van der Waals surface area contributed by atoms with Gasteiger partial charge in [0.15, 0.2) is 5.78 Å². The molecule has 1 atom stereocenters. The van der Waals surface area contributed by atoms with Crippen LogP contribution in [0.1, 0.15) is 63.9 Å².